The number of hydrogen-bond donors (Lipinski definition) is 0. The molecule has 1 heterocycles. The average Bonchev–Trinajstić information content (AvgIpc) is 2.80. The van der Waals surface area contributed by atoms with Crippen LogP contribution in [0.5, 0.6) is 5.75 Å². The van der Waals surface area contributed by atoms with Crippen molar-refractivity contribution in [2.24, 2.45) is 0 Å². The van der Waals surface area contributed by atoms with Gasteiger partial charge < -0.3 is 14.2 Å². The summed E-state index contributed by atoms with van der Waals surface area (Å²) in [7, 11) is 0. The van der Waals surface area contributed by atoms with Gasteiger partial charge in [-0.05, 0) is 61.2 Å². The molecule has 0 bridgehead atoms. The maximum absolute atomic E-state index is 13.4. The van der Waals surface area contributed by atoms with Gasteiger partial charge in [0, 0.05) is 32.7 Å². The number of benzene rings is 2. The van der Waals surface area contributed by atoms with Gasteiger partial charge in [-0.15, -0.1) is 0 Å². The van der Waals surface area contributed by atoms with Crippen LogP contribution in [0, 0.1) is 5.82 Å². The van der Waals surface area contributed by atoms with Crippen LogP contribution in [0.15, 0.2) is 54.6 Å². The van der Waals surface area contributed by atoms with Crippen LogP contribution in [0.2, 0.25) is 0 Å². The topological polar surface area (TPSA) is 48.0 Å². The van der Waals surface area contributed by atoms with E-state index in [1.54, 1.807) is 19.1 Å². The molecular weight excluding hydrogens is 409 g/mol. The lowest BCUT2D eigenvalue weighted by atomic mass is 9.99. The normalized spacial score (nSPS) is 15.2. The zero-order chi connectivity index (χ0) is 22.8. The van der Waals surface area contributed by atoms with Crippen molar-refractivity contribution in [3.8, 4) is 5.75 Å². The fraction of sp³-hybridized carbons (Fsp3) is 0.423. The first-order chi connectivity index (χ1) is 15.6. The minimum absolute atomic E-state index is 0.195. The first-order valence-corrected chi connectivity index (χ1v) is 11.3. The summed E-state index contributed by atoms with van der Waals surface area (Å²) in [6, 6.07) is 14.5. The standard InChI is InChI=1S/C26H32FNO4/c1-3-30-25(26(29)31-4-2)18-20-8-10-24(11-9-20)32-17-16-28-14-12-21(13-15-28)22-6-5-7-23(27)19-22/h5-12,19,25H,3-4,13-18H2,1-2H3. The molecule has 1 aliphatic rings. The van der Waals surface area contributed by atoms with Crippen molar-refractivity contribution in [2.45, 2.75) is 32.8 Å². The molecule has 5 nitrogen and oxygen atoms in total. The predicted molar refractivity (Wildman–Crippen MR) is 123 cm³/mol. The van der Waals surface area contributed by atoms with Crippen LogP contribution in [0.3, 0.4) is 0 Å². The van der Waals surface area contributed by atoms with Crippen LogP contribution < -0.4 is 4.74 Å². The summed E-state index contributed by atoms with van der Waals surface area (Å²) < 4.78 is 29.9. The van der Waals surface area contributed by atoms with Crippen molar-refractivity contribution >= 4 is 11.5 Å². The summed E-state index contributed by atoms with van der Waals surface area (Å²) in [6.45, 7) is 7.63. The van der Waals surface area contributed by atoms with E-state index in [4.69, 9.17) is 14.2 Å². The number of hydrogen-bond acceptors (Lipinski definition) is 5. The van der Waals surface area contributed by atoms with Crippen molar-refractivity contribution in [2.75, 3.05) is 39.5 Å². The van der Waals surface area contributed by atoms with Gasteiger partial charge in [0.25, 0.3) is 0 Å². The molecule has 0 N–H and O–H groups in total. The van der Waals surface area contributed by atoms with Crippen molar-refractivity contribution in [3.05, 3.63) is 71.6 Å². The van der Waals surface area contributed by atoms with E-state index >= 15 is 0 Å². The lowest BCUT2D eigenvalue weighted by Crippen LogP contribution is -2.32. The van der Waals surface area contributed by atoms with E-state index in [1.807, 2.05) is 37.3 Å². The molecule has 2 aromatic rings. The molecule has 6 heteroatoms. The fourth-order valence-electron chi connectivity index (χ4n) is 3.74. The Balaban J connectivity index is 1.43. The third-order valence-corrected chi connectivity index (χ3v) is 5.43. The number of rotatable bonds is 11. The number of ether oxygens (including phenoxy) is 3. The van der Waals surface area contributed by atoms with Crippen LogP contribution in [0.25, 0.3) is 5.57 Å². The Morgan fingerprint density at radius 1 is 1.12 bits per heavy atom. The quantitative estimate of drug-likeness (QED) is 0.481. The van der Waals surface area contributed by atoms with Crippen molar-refractivity contribution in [3.63, 3.8) is 0 Å². The summed E-state index contributed by atoms with van der Waals surface area (Å²) in [5, 5.41) is 0. The molecule has 3 rings (SSSR count). The van der Waals surface area contributed by atoms with Crippen LogP contribution in [-0.2, 0) is 20.7 Å². The highest BCUT2D eigenvalue weighted by molar-refractivity contribution is 5.75. The highest BCUT2D eigenvalue weighted by Crippen LogP contribution is 2.23. The Morgan fingerprint density at radius 3 is 2.59 bits per heavy atom. The zero-order valence-corrected chi connectivity index (χ0v) is 18.9. The highest BCUT2D eigenvalue weighted by atomic mass is 19.1. The molecule has 32 heavy (non-hydrogen) atoms. The number of carbonyl (C=O) groups is 1. The Morgan fingerprint density at radius 2 is 1.94 bits per heavy atom. The van der Waals surface area contributed by atoms with Gasteiger partial charge in [0.15, 0.2) is 6.10 Å². The van der Waals surface area contributed by atoms with E-state index in [-0.39, 0.29) is 11.8 Å². The summed E-state index contributed by atoms with van der Waals surface area (Å²) in [5.41, 5.74) is 3.16. The van der Waals surface area contributed by atoms with Crippen molar-refractivity contribution in [1.29, 1.82) is 0 Å². The van der Waals surface area contributed by atoms with E-state index in [0.717, 1.165) is 42.9 Å². The van der Waals surface area contributed by atoms with Crippen LogP contribution in [0.4, 0.5) is 4.39 Å². The summed E-state index contributed by atoms with van der Waals surface area (Å²) >= 11 is 0. The number of carbonyl (C=O) groups excluding carboxylic acids is 1. The molecule has 0 saturated heterocycles. The molecule has 172 valence electrons. The second-order valence-electron chi connectivity index (χ2n) is 7.68. The molecule has 0 fully saturated rings. The Bertz CT molecular complexity index is 897. The maximum Gasteiger partial charge on any atom is 0.335 e. The SMILES string of the molecule is CCOC(=O)C(Cc1ccc(OCCN2CC=C(c3cccc(F)c3)CC2)cc1)OCC. The van der Waals surface area contributed by atoms with E-state index < -0.39 is 6.10 Å². The molecule has 0 radical (unpaired) electrons. The Hall–Kier alpha value is -2.70. The minimum atomic E-state index is -0.587. The molecule has 0 amide bonds. The second-order valence-corrected chi connectivity index (χ2v) is 7.68. The minimum Gasteiger partial charge on any atom is -0.492 e. The number of halogens is 1. The van der Waals surface area contributed by atoms with E-state index in [2.05, 4.69) is 11.0 Å². The zero-order valence-electron chi connectivity index (χ0n) is 18.9. The Kier molecular flexibility index (Phi) is 9.26. The molecule has 0 saturated carbocycles. The lowest BCUT2D eigenvalue weighted by molar-refractivity contribution is -0.156. The van der Waals surface area contributed by atoms with E-state index in [1.165, 1.54) is 11.6 Å². The molecule has 1 aliphatic heterocycles. The third-order valence-electron chi connectivity index (χ3n) is 5.43. The monoisotopic (exact) mass is 441 g/mol. The molecule has 0 aromatic heterocycles. The molecule has 2 aromatic carbocycles. The van der Waals surface area contributed by atoms with Gasteiger partial charge >= 0.3 is 5.97 Å². The maximum atomic E-state index is 13.4. The van der Waals surface area contributed by atoms with Gasteiger partial charge in [0.1, 0.15) is 18.2 Å². The average molecular weight is 442 g/mol. The Labute approximate surface area is 189 Å². The molecule has 1 atom stereocenters. The lowest BCUT2D eigenvalue weighted by Gasteiger charge is -2.26. The smallest absolute Gasteiger partial charge is 0.335 e. The number of nitrogens with zero attached hydrogens (tertiary/aromatic N) is 1. The highest BCUT2D eigenvalue weighted by Gasteiger charge is 2.20. The first-order valence-electron chi connectivity index (χ1n) is 11.3. The second kappa shape index (κ2) is 12.4. The van der Waals surface area contributed by atoms with E-state index in [0.29, 0.717) is 26.2 Å². The largest absolute Gasteiger partial charge is 0.492 e. The summed E-state index contributed by atoms with van der Waals surface area (Å²) in [5.74, 6) is 0.274. The van der Waals surface area contributed by atoms with Crippen molar-refractivity contribution in [1.82, 2.24) is 4.90 Å². The van der Waals surface area contributed by atoms with Gasteiger partial charge in [-0.2, -0.15) is 0 Å². The summed E-state index contributed by atoms with van der Waals surface area (Å²) in [6.07, 6.45) is 2.96. The number of esters is 1. The molecule has 0 spiro atoms. The van der Waals surface area contributed by atoms with E-state index in [9.17, 15) is 9.18 Å². The van der Waals surface area contributed by atoms with Gasteiger partial charge in [0.05, 0.1) is 6.61 Å². The third kappa shape index (κ3) is 7.18. The van der Waals surface area contributed by atoms with Gasteiger partial charge in [-0.3, -0.25) is 4.90 Å². The van der Waals surface area contributed by atoms with Gasteiger partial charge in [0.2, 0.25) is 0 Å². The van der Waals surface area contributed by atoms with Crippen LogP contribution in [0.1, 0.15) is 31.4 Å². The molecular formula is C26H32FNO4. The van der Waals surface area contributed by atoms with Crippen LogP contribution in [-0.4, -0.2) is 56.4 Å². The molecule has 1 unspecified atom stereocenters. The first kappa shape index (κ1) is 24.0. The molecule has 0 aliphatic carbocycles. The predicted octanol–water partition coefficient (Wildman–Crippen LogP) is 4.50. The van der Waals surface area contributed by atoms with Gasteiger partial charge in [-0.25, -0.2) is 9.18 Å². The van der Waals surface area contributed by atoms with Gasteiger partial charge in [-0.1, -0.05) is 30.3 Å². The fourth-order valence-corrected chi connectivity index (χ4v) is 3.74. The van der Waals surface area contributed by atoms with Crippen LogP contribution >= 0.6 is 0 Å². The summed E-state index contributed by atoms with van der Waals surface area (Å²) in [4.78, 5) is 14.3. The van der Waals surface area contributed by atoms with Crippen molar-refractivity contribution < 1.29 is 23.4 Å².